The van der Waals surface area contributed by atoms with Crippen LogP contribution in [0, 0.1) is 11.3 Å². The van der Waals surface area contributed by atoms with Crippen LogP contribution in [-0.2, 0) is 27.7 Å². The van der Waals surface area contributed by atoms with E-state index in [2.05, 4.69) is 5.32 Å². The Balaban J connectivity index is 2.14. The third-order valence-corrected chi connectivity index (χ3v) is 5.96. The molecule has 1 aliphatic heterocycles. The molecule has 0 bridgehead atoms. The van der Waals surface area contributed by atoms with E-state index >= 15 is 0 Å². The monoisotopic (exact) mass is 390 g/mol. The molecule has 0 saturated carbocycles. The minimum atomic E-state index is -3.21. The number of amides is 1. The van der Waals surface area contributed by atoms with Crippen LogP contribution in [0.5, 0.6) is 0 Å². The van der Waals surface area contributed by atoms with Gasteiger partial charge in [-0.1, -0.05) is 32.0 Å². The first kappa shape index (κ1) is 20.9. The molecule has 7 nitrogen and oxygen atoms in total. The van der Waals surface area contributed by atoms with Gasteiger partial charge in [0.25, 0.3) is 5.91 Å². The molecule has 146 valence electrons. The number of nitriles is 1. The third kappa shape index (κ3) is 5.31. The molecule has 1 N–H and O–H groups in total. The van der Waals surface area contributed by atoms with Gasteiger partial charge in [0.05, 0.1) is 6.26 Å². The Morgan fingerprint density at radius 1 is 1.19 bits per heavy atom. The van der Waals surface area contributed by atoms with Crippen molar-refractivity contribution in [2.24, 2.45) is 0 Å². The summed E-state index contributed by atoms with van der Waals surface area (Å²) in [7, 11) is -3.21. The van der Waals surface area contributed by atoms with E-state index in [0.717, 1.165) is 29.7 Å². The smallest absolute Gasteiger partial charge is 0.267 e. The van der Waals surface area contributed by atoms with Crippen molar-refractivity contribution in [2.45, 2.75) is 26.7 Å². The molecule has 0 spiro atoms. The van der Waals surface area contributed by atoms with Gasteiger partial charge in [0.2, 0.25) is 10.0 Å². The lowest BCUT2D eigenvalue weighted by Gasteiger charge is -2.32. The van der Waals surface area contributed by atoms with Crippen molar-refractivity contribution in [1.29, 1.82) is 5.26 Å². The first-order chi connectivity index (χ1) is 12.8. The number of hydrogen-bond donors (Lipinski definition) is 1. The fourth-order valence-electron chi connectivity index (χ4n) is 3.07. The van der Waals surface area contributed by atoms with Crippen LogP contribution in [0.1, 0.15) is 25.0 Å². The minimum Gasteiger partial charge on any atom is -0.373 e. The van der Waals surface area contributed by atoms with Crippen molar-refractivity contribution >= 4 is 21.6 Å². The van der Waals surface area contributed by atoms with E-state index in [1.807, 2.05) is 43.0 Å². The zero-order valence-corrected chi connectivity index (χ0v) is 16.8. The van der Waals surface area contributed by atoms with Gasteiger partial charge in [-0.15, -0.1) is 0 Å². The molecule has 27 heavy (non-hydrogen) atoms. The molecular weight excluding hydrogens is 364 g/mol. The van der Waals surface area contributed by atoms with Gasteiger partial charge >= 0.3 is 0 Å². The van der Waals surface area contributed by atoms with Crippen LogP contribution < -0.4 is 5.32 Å². The Kier molecular flexibility index (Phi) is 6.99. The topological polar surface area (TPSA) is 93.5 Å². The number of rotatable bonds is 6. The molecule has 8 heteroatoms. The second-order valence-electron chi connectivity index (χ2n) is 6.47. The number of para-hydroxylation sites is 1. The predicted molar refractivity (Wildman–Crippen MR) is 106 cm³/mol. The molecule has 1 aromatic carbocycles. The van der Waals surface area contributed by atoms with Crippen molar-refractivity contribution in [3.63, 3.8) is 0 Å². The predicted octanol–water partition coefficient (Wildman–Crippen LogP) is 1.73. The standard InChI is InChI=1S/C19H26N4O3S/c1-4-15-7-6-8-16(5-2)18(15)21-19(24)17(13-20)14-22-9-11-23(12-10-22)27(3,25)26/h6-8,14H,4-5,9-12H2,1-3H3,(H,21,24)/b17-14-. The van der Waals surface area contributed by atoms with Crippen LogP contribution in [0.4, 0.5) is 5.69 Å². The van der Waals surface area contributed by atoms with Crippen molar-refractivity contribution in [2.75, 3.05) is 37.8 Å². The van der Waals surface area contributed by atoms with Gasteiger partial charge < -0.3 is 10.2 Å². The summed E-state index contributed by atoms with van der Waals surface area (Å²) < 4.78 is 24.6. The summed E-state index contributed by atoms with van der Waals surface area (Å²) >= 11 is 0. The second kappa shape index (κ2) is 9.02. The summed E-state index contributed by atoms with van der Waals surface area (Å²) in [6, 6.07) is 7.86. The van der Waals surface area contributed by atoms with Crippen molar-refractivity contribution in [1.82, 2.24) is 9.21 Å². The number of piperazine rings is 1. The lowest BCUT2D eigenvalue weighted by Crippen LogP contribution is -2.46. The molecule has 1 fully saturated rings. The average Bonchev–Trinajstić information content (AvgIpc) is 2.65. The molecule has 1 heterocycles. The van der Waals surface area contributed by atoms with Gasteiger partial charge in [-0.05, 0) is 24.0 Å². The average molecular weight is 391 g/mol. The van der Waals surface area contributed by atoms with Crippen LogP contribution in [0.25, 0.3) is 0 Å². The highest BCUT2D eigenvalue weighted by molar-refractivity contribution is 7.88. The molecule has 0 atom stereocenters. The van der Waals surface area contributed by atoms with Crippen LogP contribution in [-0.4, -0.2) is 56.0 Å². The Morgan fingerprint density at radius 2 is 1.74 bits per heavy atom. The quantitative estimate of drug-likeness (QED) is 0.590. The summed E-state index contributed by atoms with van der Waals surface area (Å²) in [6.07, 6.45) is 4.27. The first-order valence-corrected chi connectivity index (χ1v) is 10.9. The molecule has 1 amide bonds. The van der Waals surface area contributed by atoms with Crippen LogP contribution >= 0.6 is 0 Å². The molecule has 0 unspecified atom stereocenters. The van der Waals surface area contributed by atoms with E-state index in [1.54, 1.807) is 0 Å². The fourth-order valence-corrected chi connectivity index (χ4v) is 3.90. The maximum absolute atomic E-state index is 12.6. The number of anilines is 1. The largest absolute Gasteiger partial charge is 0.373 e. The molecular formula is C19H26N4O3S. The number of carbonyl (C=O) groups is 1. The molecule has 1 saturated heterocycles. The summed E-state index contributed by atoms with van der Waals surface area (Å²) in [6.45, 7) is 5.61. The van der Waals surface area contributed by atoms with E-state index in [4.69, 9.17) is 0 Å². The van der Waals surface area contributed by atoms with Crippen molar-refractivity contribution in [3.05, 3.63) is 41.1 Å². The van der Waals surface area contributed by atoms with Crippen LogP contribution in [0.15, 0.2) is 30.0 Å². The van der Waals surface area contributed by atoms with E-state index in [9.17, 15) is 18.5 Å². The lowest BCUT2D eigenvalue weighted by atomic mass is 10.0. The van der Waals surface area contributed by atoms with E-state index in [0.29, 0.717) is 26.2 Å². The Labute approximate surface area is 161 Å². The number of nitrogens with zero attached hydrogens (tertiary/aromatic N) is 3. The zero-order valence-electron chi connectivity index (χ0n) is 16.0. The molecule has 0 radical (unpaired) electrons. The zero-order chi connectivity index (χ0) is 20.0. The molecule has 0 aliphatic carbocycles. The highest BCUT2D eigenvalue weighted by Crippen LogP contribution is 2.23. The van der Waals surface area contributed by atoms with E-state index < -0.39 is 15.9 Å². The number of hydrogen-bond acceptors (Lipinski definition) is 5. The van der Waals surface area contributed by atoms with Gasteiger partial charge in [0.15, 0.2) is 0 Å². The Bertz CT molecular complexity index is 841. The second-order valence-corrected chi connectivity index (χ2v) is 8.45. The summed E-state index contributed by atoms with van der Waals surface area (Å²) in [5, 5.41) is 12.3. The lowest BCUT2D eigenvalue weighted by molar-refractivity contribution is -0.112. The molecule has 1 aliphatic rings. The van der Waals surface area contributed by atoms with Crippen molar-refractivity contribution < 1.29 is 13.2 Å². The van der Waals surface area contributed by atoms with Crippen molar-refractivity contribution in [3.8, 4) is 6.07 Å². The Hall–Kier alpha value is -2.37. The normalized spacial score (nSPS) is 16.1. The van der Waals surface area contributed by atoms with Gasteiger partial charge in [-0.2, -0.15) is 9.57 Å². The van der Waals surface area contributed by atoms with Gasteiger partial charge in [0.1, 0.15) is 11.6 Å². The highest BCUT2D eigenvalue weighted by Gasteiger charge is 2.23. The summed E-state index contributed by atoms with van der Waals surface area (Å²) in [5.41, 5.74) is 2.84. The van der Waals surface area contributed by atoms with Gasteiger partial charge in [0, 0.05) is 38.1 Å². The van der Waals surface area contributed by atoms with E-state index in [1.165, 1.54) is 16.8 Å². The summed E-state index contributed by atoms with van der Waals surface area (Å²) in [4.78, 5) is 14.5. The number of nitrogens with one attached hydrogen (secondary N) is 1. The SMILES string of the molecule is CCc1cccc(CC)c1NC(=O)/C(C#N)=C\N1CCN(S(C)(=O)=O)CC1. The first-order valence-electron chi connectivity index (χ1n) is 9.03. The molecule has 0 aromatic heterocycles. The third-order valence-electron chi connectivity index (χ3n) is 4.66. The molecule has 2 rings (SSSR count). The number of aryl methyl sites for hydroxylation is 2. The number of sulfonamides is 1. The molecule has 1 aromatic rings. The Morgan fingerprint density at radius 3 is 2.19 bits per heavy atom. The van der Waals surface area contributed by atoms with Crippen LogP contribution in [0.2, 0.25) is 0 Å². The van der Waals surface area contributed by atoms with Gasteiger partial charge in [-0.3, -0.25) is 4.79 Å². The number of benzene rings is 1. The minimum absolute atomic E-state index is 0.00997. The van der Waals surface area contributed by atoms with Gasteiger partial charge in [-0.25, -0.2) is 8.42 Å². The number of carbonyl (C=O) groups excluding carboxylic acids is 1. The van der Waals surface area contributed by atoms with Crippen LogP contribution in [0.3, 0.4) is 0 Å². The maximum Gasteiger partial charge on any atom is 0.267 e. The maximum atomic E-state index is 12.6. The van der Waals surface area contributed by atoms with E-state index in [-0.39, 0.29) is 5.57 Å². The highest BCUT2D eigenvalue weighted by atomic mass is 32.2. The summed E-state index contributed by atoms with van der Waals surface area (Å²) in [5.74, 6) is -0.446. The fraction of sp³-hybridized carbons (Fsp3) is 0.474.